The van der Waals surface area contributed by atoms with Gasteiger partial charge < -0.3 is 19.3 Å². The Kier molecular flexibility index (Phi) is 6.03. The lowest BCUT2D eigenvalue weighted by atomic mass is 9.89. The van der Waals surface area contributed by atoms with Gasteiger partial charge >= 0.3 is 6.09 Å². The Hall–Kier alpha value is -2.45. The zero-order valence-electron chi connectivity index (χ0n) is 18.3. The number of carbonyl (C=O) groups excluding carboxylic acids is 2. The molecule has 7 nitrogen and oxygen atoms in total. The van der Waals surface area contributed by atoms with Gasteiger partial charge in [0.05, 0.1) is 18.8 Å². The highest BCUT2D eigenvalue weighted by atomic mass is 32.1. The van der Waals surface area contributed by atoms with Crippen molar-refractivity contribution in [2.24, 2.45) is 0 Å². The topological polar surface area (TPSA) is 72.0 Å². The number of ether oxygens (including phenoxy) is 2. The van der Waals surface area contributed by atoms with Gasteiger partial charge in [0.1, 0.15) is 16.3 Å². The van der Waals surface area contributed by atoms with Crippen molar-refractivity contribution in [3.63, 3.8) is 0 Å². The Labute approximate surface area is 187 Å². The van der Waals surface area contributed by atoms with Crippen LogP contribution in [0.1, 0.15) is 44.1 Å². The number of likely N-dealkylation sites (tertiary alicyclic amines) is 1. The summed E-state index contributed by atoms with van der Waals surface area (Å²) in [7, 11) is 0. The third-order valence-electron chi connectivity index (χ3n) is 5.61. The van der Waals surface area contributed by atoms with Crippen molar-refractivity contribution >= 4 is 23.3 Å². The molecule has 1 spiro atoms. The number of piperidine rings is 1. The minimum Gasteiger partial charge on any atom is -0.444 e. The molecule has 3 heterocycles. The summed E-state index contributed by atoms with van der Waals surface area (Å²) in [5.41, 5.74) is 0.569. The lowest BCUT2D eigenvalue weighted by Crippen LogP contribution is -2.58. The highest BCUT2D eigenvalue weighted by molar-refractivity contribution is 7.13. The number of aromatic nitrogens is 1. The summed E-state index contributed by atoms with van der Waals surface area (Å²) >= 11 is 1.48. The summed E-state index contributed by atoms with van der Waals surface area (Å²) < 4.78 is 11.6. The normalized spacial score (nSPS) is 18.8. The number of thiazole rings is 1. The highest BCUT2D eigenvalue weighted by Gasteiger charge is 2.42. The molecule has 0 atom stereocenters. The first kappa shape index (κ1) is 21.8. The van der Waals surface area contributed by atoms with Crippen molar-refractivity contribution in [3.05, 3.63) is 41.4 Å². The van der Waals surface area contributed by atoms with Crippen LogP contribution in [0.5, 0.6) is 0 Å². The van der Waals surface area contributed by atoms with Gasteiger partial charge in [-0.05, 0) is 33.6 Å². The number of amides is 2. The van der Waals surface area contributed by atoms with Crippen molar-refractivity contribution in [3.8, 4) is 10.6 Å². The van der Waals surface area contributed by atoms with Gasteiger partial charge in [-0.25, -0.2) is 9.78 Å². The Morgan fingerprint density at radius 1 is 1.10 bits per heavy atom. The lowest BCUT2D eigenvalue weighted by molar-refractivity contribution is -0.126. The first-order chi connectivity index (χ1) is 14.7. The van der Waals surface area contributed by atoms with E-state index in [1.54, 1.807) is 4.90 Å². The summed E-state index contributed by atoms with van der Waals surface area (Å²) in [5, 5.41) is 2.68. The minimum absolute atomic E-state index is 0.0596. The zero-order valence-corrected chi connectivity index (χ0v) is 19.1. The fourth-order valence-electron chi connectivity index (χ4n) is 3.99. The smallest absolute Gasteiger partial charge is 0.410 e. The number of rotatable bonds is 2. The van der Waals surface area contributed by atoms with E-state index in [2.05, 4.69) is 4.98 Å². The van der Waals surface area contributed by atoms with Crippen LogP contribution in [0.25, 0.3) is 10.6 Å². The van der Waals surface area contributed by atoms with E-state index in [4.69, 9.17) is 9.47 Å². The predicted molar refractivity (Wildman–Crippen MR) is 119 cm³/mol. The van der Waals surface area contributed by atoms with Crippen LogP contribution in [0.15, 0.2) is 35.7 Å². The molecule has 0 N–H and O–H groups in total. The Morgan fingerprint density at radius 2 is 1.81 bits per heavy atom. The molecule has 2 saturated heterocycles. The molecule has 1 aromatic heterocycles. The van der Waals surface area contributed by atoms with Crippen LogP contribution in [-0.4, -0.2) is 70.8 Å². The molecular weight excluding hydrogens is 414 g/mol. The molecule has 0 unspecified atom stereocenters. The van der Waals surface area contributed by atoms with Gasteiger partial charge in [-0.15, -0.1) is 11.3 Å². The average molecular weight is 444 g/mol. The molecule has 2 amide bonds. The van der Waals surface area contributed by atoms with Crippen LogP contribution in [-0.2, 0) is 9.47 Å². The van der Waals surface area contributed by atoms with Gasteiger partial charge in [-0.3, -0.25) is 4.79 Å². The summed E-state index contributed by atoms with van der Waals surface area (Å²) in [6.45, 7) is 8.29. The predicted octanol–water partition coefficient (Wildman–Crippen LogP) is 4.05. The van der Waals surface area contributed by atoms with Crippen LogP contribution >= 0.6 is 11.3 Å². The summed E-state index contributed by atoms with van der Waals surface area (Å²) in [5.74, 6) is -0.0596. The average Bonchev–Trinajstić information content (AvgIpc) is 3.23. The number of carbonyl (C=O) groups is 2. The molecule has 1 aromatic carbocycles. The molecular formula is C23H29N3O4S. The van der Waals surface area contributed by atoms with E-state index in [0.29, 0.717) is 51.3 Å². The molecule has 0 saturated carbocycles. The Morgan fingerprint density at radius 3 is 2.48 bits per heavy atom. The second-order valence-electron chi connectivity index (χ2n) is 9.13. The third-order valence-corrected chi connectivity index (χ3v) is 6.50. The molecule has 0 radical (unpaired) electrons. The second kappa shape index (κ2) is 8.59. The van der Waals surface area contributed by atoms with Crippen LogP contribution in [0.2, 0.25) is 0 Å². The van der Waals surface area contributed by atoms with Gasteiger partial charge in [-0.1, -0.05) is 30.3 Å². The van der Waals surface area contributed by atoms with E-state index in [0.717, 1.165) is 10.6 Å². The van der Waals surface area contributed by atoms with E-state index in [9.17, 15) is 9.59 Å². The van der Waals surface area contributed by atoms with Crippen LogP contribution < -0.4 is 0 Å². The third kappa shape index (κ3) is 5.07. The van der Waals surface area contributed by atoms with Crippen molar-refractivity contribution < 1.29 is 19.1 Å². The molecule has 0 bridgehead atoms. The number of morpholine rings is 1. The maximum absolute atomic E-state index is 13.1. The molecule has 31 heavy (non-hydrogen) atoms. The largest absolute Gasteiger partial charge is 0.444 e. The summed E-state index contributed by atoms with van der Waals surface area (Å²) in [6, 6.07) is 9.89. The van der Waals surface area contributed by atoms with Gasteiger partial charge in [0.15, 0.2) is 0 Å². The van der Waals surface area contributed by atoms with Crippen LogP contribution in [0, 0.1) is 0 Å². The van der Waals surface area contributed by atoms with Crippen molar-refractivity contribution in [1.29, 1.82) is 0 Å². The quantitative estimate of drug-likeness (QED) is 0.700. The van der Waals surface area contributed by atoms with Crippen LogP contribution in [0.4, 0.5) is 4.79 Å². The number of benzene rings is 1. The first-order valence-electron chi connectivity index (χ1n) is 10.7. The number of nitrogens with zero attached hydrogens (tertiary/aromatic N) is 3. The number of hydrogen-bond donors (Lipinski definition) is 0. The molecule has 8 heteroatoms. The van der Waals surface area contributed by atoms with E-state index >= 15 is 0 Å². The lowest BCUT2D eigenvalue weighted by Gasteiger charge is -2.47. The molecule has 4 rings (SSSR count). The SMILES string of the molecule is CC(C)(C)OC(=O)N1CCC2(CC1)CN(C(=O)c1csc(-c3ccccc3)n1)CCO2. The van der Waals surface area contributed by atoms with Gasteiger partial charge in [-0.2, -0.15) is 0 Å². The molecule has 0 aliphatic carbocycles. The summed E-state index contributed by atoms with van der Waals surface area (Å²) in [6.07, 6.45) is 1.08. The fourth-order valence-corrected chi connectivity index (χ4v) is 4.79. The van der Waals surface area contributed by atoms with E-state index in [1.165, 1.54) is 11.3 Å². The minimum atomic E-state index is -0.511. The van der Waals surface area contributed by atoms with E-state index < -0.39 is 11.2 Å². The van der Waals surface area contributed by atoms with Crippen molar-refractivity contribution in [2.75, 3.05) is 32.8 Å². The molecule has 166 valence electrons. The Bertz CT molecular complexity index is 930. The second-order valence-corrected chi connectivity index (χ2v) is 9.99. The van der Waals surface area contributed by atoms with Gasteiger partial charge in [0.2, 0.25) is 0 Å². The standard InChI is InChI=1S/C23H29N3O4S/c1-22(2,3)30-21(28)25-11-9-23(10-12-25)16-26(13-14-29-23)20(27)18-15-31-19(24-18)17-7-5-4-6-8-17/h4-8,15H,9-14,16H2,1-3H3. The highest BCUT2D eigenvalue weighted by Crippen LogP contribution is 2.32. The number of hydrogen-bond acceptors (Lipinski definition) is 6. The summed E-state index contributed by atoms with van der Waals surface area (Å²) in [4.78, 5) is 33.6. The van der Waals surface area contributed by atoms with E-state index in [1.807, 2.05) is 61.4 Å². The van der Waals surface area contributed by atoms with Crippen molar-refractivity contribution in [2.45, 2.75) is 44.8 Å². The molecule has 2 aliphatic heterocycles. The van der Waals surface area contributed by atoms with Gasteiger partial charge in [0.25, 0.3) is 5.91 Å². The van der Waals surface area contributed by atoms with E-state index in [-0.39, 0.29) is 12.0 Å². The monoisotopic (exact) mass is 443 g/mol. The zero-order chi connectivity index (χ0) is 22.1. The fraction of sp³-hybridized carbons (Fsp3) is 0.522. The maximum Gasteiger partial charge on any atom is 0.410 e. The molecule has 2 aromatic rings. The molecule has 2 fully saturated rings. The first-order valence-corrected chi connectivity index (χ1v) is 11.5. The maximum atomic E-state index is 13.1. The Balaban J connectivity index is 1.38. The van der Waals surface area contributed by atoms with Crippen molar-refractivity contribution in [1.82, 2.24) is 14.8 Å². The molecule has 2 aliphatic rings. The van der Waals surface area contributed by atoms with Crippen LogP contribution in [0.3, 0.4) is 0 Å². The van der Waals surface area contributed by atoms with Gasteiger partial charge in [0, 0.05) is 30.6 Å².